The van der Waals surface area contributed by atoms with E-state index < -0.39 is 0 Å². The molecule has 0 saturated carbocycles. The van der Waals surface area contributed by atoms with Gasteiger partial charge >= 0.3 is 0 Å². The highest BCUT2D eigenvalue weighted by atomic mass is 79.9. The van der Waals surface area contributed by atoms with E-state index in [0.717, 1.165) is 10.2 Å². The Labute approximate surface area is 101 Å². The van der Waals surface area contributed by atoms with Crippen molar-refractivity contribution in [2.75, 3.05) is 11.1 Å². The number of hydrogen-bond donors (Lipinski definition) is 2. The van der Waals surface area contributed by atoms with Crippen LogP contribution in [0.1, 0.15) is 5.82 Å². The highest BCUT2D eigenvalue weighted by molar-refractivity contribution is 9.10. The molecule has 0 aliphatic rings. The van der Waals surface area contributed by atoms with Crippen molar-refractivity contribution in [3.05, 3.63) is 34.6 Å². The maximum absolute atomic E-state index is 5.53. The van der Waals surface area contributed by atoms with Crippen LogP contribution < -0.4 is 11.1 Å². The van der Waals surface area contributed by atoms with E-state index in [4.69, 9.17) is 5.73 Å². The van der Waals surface area contributed by atoms with E-state index in [1.165, 1.54) is 0 Å². The molecule has 0 radical (unpaired) electrons. The minimum Gasteiger partial charge on any atom is -0.368 e. The van der Waals surface area contributed by atoms with Crippen molar-refractivity contribution in [1.29, 1.82) is 0 Å². The number of hydrogen-bond acceptors (Lipinski definition) is 5. The molecular formula is C10H10BrN5. The molecule has 1 heterocycles. The summed E-state index contributed by atoms with van der Waals surface area (Å²) in [5.74, 6) is 1.25. The van der Waals surface area contributed by atoms with E-state index in [1.807, 2.05) is 24.3 Å². The zero-order valence-corrected chi connectivity index (χ0v) is 10.2. The Morgan fingerprint density at radius 1 is 1.25 bits per heavy atom. The predicted octanol–water partition coefficient (Wildman–Crippen LogP) is 2.27. The Morgan fingerprint density at radius 3 is 2.75 bits per heavy atom. The van der Waals surface area contributed by atoms with Crippen molar-refractivity contribution in [2.45, 2.75) is 6.92 Å². The topological polar surface area (TPSA) is 76.7 Å². The Bertz CT molecular complexity index is 494. The van der Waals surface area contributed by atoms with Gasteiger partial charge in [0.05, 0.1) is 0 Å². The SMILES string of the molecule is Cc1nc(N)nc(Nc2cccc(Br)c2)n1. The van der Waals surface area contributed by atoms with Crippen LogP contribution in [-0.2, 0) is 0 Å². The lowest BCUT2D eigenvalue weighted by molar-refractivity contribution is 0.995. The van der Waals surface area contributed by atoms with Gasteiger partial charge in [-0.05, 0) is 25.1 Å². The Morgan fingerprint density at radius 2 is 2.06 bits per heavy atom. The molecule has 0 amide bonds. The van der Waals surface area contributed by atoms with E-state index in [-0.39, 0.29) is 5.95 Å². The number of aromatic nitrogens is 3. The van der Waals surface area contributed by atoms with Crippen LogP contribution in [0, 0.1) is 6.92 Å². The summed E-state index contributed by atoms with van der Waals surface area (Å²) in [5, 5.41) is 3.05. The van der Waals surface area contributed by atoms with Crippen LogP contribution >= 0.6 is 15.9 Å². The van der Waals surface area contributed by atoms with Crippen LogP contribution in [0.5, 0.6) is 0 Å². The minimum absolute atomic E-state index is 0.213. The molecule has 3 N–H and O–H groups in total. The summed E-state index contributed by atoms with van der Waals surface area (Å²) in [7, 11) is 0. The Hall–Kier alpha value is -1.69. The van der Waals surface area contributed by atoms with Gasteiger partial charge in [0.25, 0.3) is 0 Å². The predicted molar refractivity (Wildman–Crippen MR) is 66.4 cm³/mol. The number of rotatable bonds is 2. The van der Waals surface area contributed by atoms with Crippen LogP contribution in [-0.4, -0.2) is 15.0 Å². The summed E-state index contributed by atoms with van der Waals surface area (Å²) in [6.07, 6.45) is 0. The number of nitrogens with zero attached hydrogens (tertiary/aromatic N) is 3. The second-order valence-corrected chi connectivity index (χ2v) is 4.12. The van der Waals surface area contributed by atoms with E-state index in [1.54, 1.807) is 6.92 Å². The average Bonchev–Trinajstić information content (AvgIpc) is 2.15. The van der Waals surface area contributed by atoms with Gasteiger partial charge in [0.15, 0.2) is 0 Å². The third kappa shape index (κ3) is 2.66. The van der Waals surface area contributed by atoms with Crippen molar-refractivity contribution in [3.63, 3.8) is 0 Å². The zero-order valence-electron chi connectivity index (χ0n) is 8.61. The van der Waals surface area contributed by atoms with E-state index in [2.05, 4.69) is 36.2 Å². The van der Waals surface area contributed by atoms with E-state index >= 15 is 0 Å². The first-order valence-corrected chi connectivity index (χ1v) is 5.43. The van der Waals surface area contributed by atoms with Crippen molar-refractivity contribution in [1.82, 2.24) is 15.0 Å². The molecule has 0 atom stereocenters. The number of anilines is 3. The Balaban J connectivity index is 2.27. The summed E-state index contributed by atoms with van der Waals surface area (Å²) < 4.78 is 0.983. The normalized spacial score (nSPS) is 10.1. The van der Waals surface area contributed by atoms with Gasteiger partial charge in [0.2, 0.25) is 11.9 Å². The molecule has 2 rings (SSSR count). The zero-order chi connectivity index (χ0) is 11.5. The van der Waals surface area contributed by atoms with Gasteiger partial charge in [0.1, 0.15) is 5.82 Å². The fraction of sp³-hybridized carbons (Fsp3) is 0.100. The molecule has 0 spiro atoms. The standard InChI is InChI=1S/C10H10BrN5/c1-6-13-9(12)16-10(14-6)15-8-4-2-3-7(11)5-8/h2-5H,1H3,(H3,12,13,14,15,16). The third-order valence-corrected chi connectivity index (χ3v) is 2.34. The quantitative estimate of drug-likeness (QED) is 0.882. The van der Waals surface area contributed by atoms with Gasteiger partial charge in [0, 0.05) is 10.2 Å². The molecule has 2 aromatic rings. The summed E-state index contributed by atoms with van der Waals surface area (Å²) >= 11 is 3.39. The number of nitrogen functional groups attached to an aromatic ring is 1. The molecule has 0 aliphatic carbocycles. The van der Waals surface area contributed by atoms with Crippen LogP contribution in [0.3, 0.4) is 0 Å². The number of nitrogens with one attached hydrogen (secondary N) is 1. The number of benzene rings is 1. The van der Waals surface area contributed by atoms with E-state index in [0.29, 0.717) is 11.8 Å². The average molecular weight is 280 g/mol. The first-order valence-electron chi connectivity index (χ1n) is 4.64. The molecule has 0 unspecified atom stereocenters. The molecule has 16 heavy (non-hydrogen) atoms. The number of aryl methyl sites for hydroxylation is 1. The van der Waals surface area contributed by atoms with Gasteiger partial charge in [-0.15, -0.1) is 0 Å². The molecule has 1 aromatic carbocycles. The van der Waals surface area contributed by atoms with Crippen LogP contribution in [0.2, 0.25) is 0 Å². The molecule has 0 saturated heterocycles. The fourth-order valence-corrected chi connectivity index (χ4v) is 1.65. The molecule has 82 valence electrons. The fourth-order valence-electron chi connectivity index (χ4n) is 1.25. The smallest absolute Gasteiger partial charge is 0.232 e. The van der Waals surface area contributed by atoms with Crippen LogP contribution in [0.15, 0.2) is 28.7 Å². The lowest BCUT2D eigenvalue weighted by Gasteiger charge is -2.05. The first-order chi connectivity index (χ1) is 7.63. The monoisotopic (exact) mass is 279 g/mol. The highest BCUT2D eigenvalue weighted by Crippen LogP contribution is 2.18. The third-order valence-electron chi connectivity index (χ3n) is 1.85. The maximum atomic E-state index is 5.53. The van der Waals surface area contributed by atoms with Crippen LogP contribution in [0.4, 0.5) is 17.6 Å². The highest BCUT2D eigenvalue weighted by Gasteiger charge is 2.01. The molecule has 1 aromatic heterocycles. The molecule has 5 nitrogen and oxygen atoms in total. The molecule has 0 fully saturated rings. The maximum Gasteiger partial charge on any atom is 0.232 e. The molecule has 6 heteroatoms. The van der Waals surface area contributed by atoms with Gasteiger partial charge in [-0.3, -0.25) is 0 Å². The number of halogens is 1. The summed E-state index contributed by atoms with van der Waals surface area (Å²) in [6.45, 7) is 1.77. The van der Waals surface area contributed by atoms with Crippen molar-refractivity contribution in [2.24, 2.45) is 0 Å². The van der Waals surface area contributed by atoms with E-state index in [9.17, 15) is 0 Å². The second kappa shape index (κ2) is 4.44. The molecular weight excluding hydrogens is 270 g/mol. The van der Waals surface area contributed by atoms with Gasteiger partial charge in [-0.2, -0.15) is 15.0 Å². The molecule has 0 aliphatic heterocycles. The largest absolute Gasteiger partial charge is 0.368 e. The molecule has 0 bridgehead atoms. The Kier molecular flexibility index (Phi) is 3.00. The van der Waals surface area contributed by atoms with Gasteiger partial charge in [-0.25, -0.2) is 0 Å². The first kappa shape index (κ1) is 10.8. The minimum atomic E-state index is 0.213. The summed E-state index contributed by atoms with van der Waals surface area (Å²) in [4.78, 5) is 12.0. The second-order valence-electron chi connectivity index (χ2n) is 3.20. The lowest BCUT2D eigenvalue weighted by Crippen LogP contribution is -2.04. The van der Waals surface area contributed by atoms with Crippen molar-refractivity contribution >= 4 is 33.5 Å². The van der Waals surface area contributed by atoms with Gasteiger partial charge < -0.3 is 11.1 Å². The summed E-state index contributed by atoms with van der Waals surface area (Å²) in [5.41, 5.74) is 6.42. The van der Waals surface area contributed by atoms with Crippen molar-refractivity contribution in [3.8, 4) is 0 Å². The lowest BCUT2D eigenvalue weighted by atomic mass is 10.3. The number of nitrogens with two attached hydrogens (primary N) is 1. The van der Waals surface area contributed by atoms with Crippen LogP contribution in [0.25, 0.3) is 0 Å². The van der Waals surface area contributed by atoms with Gasteiger partial charge in [-0.1, -0.05) is 22.0 Å². The summed E-state index contributed by atoms with van der Waals surface area (Å²) in [6, 6.07) is 7.71. The van der Waals surface area contributed by atoms with Crippen molar-refractivity contribution < 1.29 is 0 Å².